The molecule has 10 rings (SSSR count). The van der Waals surface area contributed by atoms with E-state index in [2.05, 4.69) is 12.1 Å². The Bertz CT molecular complexity index is 3220. The predicted octanol–water partition coefficient (Wildman–Crippen LogP) is 11.9. The normalized spacial score (nSPS) is 11.4. The Kier molecular flexibility index (Phi) is 9.92. The van der Waals surface area contributed by atoms with Crippen molar-refractivity contribution in [3.05, 3.63) is 158 Å². The van der Waals surface area contributed by atoms with Crippen LogP contribution in [0.2, 0.25) is 0 Å². The van der Waals surface area contributed by atoms with E-state index in [0.29, 0.717) is 0 Å². The number of phenolic OH excluding ortho intramolecular Hbond substituents is 12. The highest BCUT2D eigenvalue weighted by Crippen LogP contribution is 2.55. The summed E-state index contributed by atoms with van der Waals surface area (Å²) in [4.78, 5) is 2.41. The number of anilines is 6. The summed E-state index contributed by atoms with van der Waals surface area (Å²) in [6.45, 7) is 0. The minimum Gasteiger partial charge on any atom is -0.508 e. The summed E-state index contributed by atoms with van der Waals surface area (Å²) in [5, 5.41) is 134. The first-order valence-electron chi connectivity index (χ1n) is 20.8. The van der Waals surface area contributed by atoms with Crippen LogP contribution in [0.5, 0.6) is 69.0 Å². The summed E-state index contributed by atoms with van der Waals surface area (Å²) in [5.74, 6) is -6.20. The summed E-state index contributed by atoms with van der Waals surface area (Å²) in [7, 11) is 0. The lowest BCUT2D eigenvalue weighted by Gasteiger charge is -2.28. The van der Waals surface area contributed by atoms with Gasteiger partial charge in [0.2, 0.25) is 0 Å². The number of benzene rings is 10. The third-order valence-corrected chi connectivity index (χ3v) is 11.9. The van der Waals surface area contributed by atoms with Crippen LogP contribution in [0.1, 0.15) is 0 Å². The molecule has 10 aromatic carbocycles. The van der Waals surface area contributed by atoms with Crippen molar-refractivity contribution in [3.8, 4) is 91.2 Å². The first-order chi connectivity index (χ1) is 32.7. The lowest BCUT2D eigenvalue weighted by Crippen LogP contribution is -2.11. The Hall–Kier alpha value is -9.82. The lowest BCUT2D eigenvalue weighted by atomic mass is 9.87. The van der Waals surface area contributed by atoms with Crippen LogP contribution < -0.4 is 9.80 Å². The van der Waals surface area contributed by atoms with Gasteiger partial charge in [-0.3, -0.25) is 9.80 Å². The van der Waals surface area contributed by atoms with Gasteiger partial charge in [-0.25, -0.2) is 0 Å². The standard InChI is InChI=1S/C54H38N2O12/c57-31-17-43(61)51(44(62)18-31)55(52-45(63)19-32(58)20-46(52)64)29-13-9-27(10-14-29)39-25-42-38-8-4-2-6-36(38)40(26-41(42)37-7-3-1-5-35(37)39)28-11-15-30(16-12-28)56(53-47(65)21-33(59)22-48(53)66)54-49(67)23-34(60)24-50(54)68/h1-26,57-68H. The molecule has 0 aliphatic heterocycles. The molecule has 0 heterocycles. The zero-order chi connectivity index (χ0) is 47.7. The highest BCUT2D eigenvalue weighted by molar-refractivity contribution is 6.24. The van der Waals surface area contributed by atoms with Crippen molar-refractivity contribution >= 4 is 66.4 Å². The molecule has 0 amide bonds. The predicted molar refractivity (Wildman–Crippen MR) is 259 cm³/mol. The SMILES string of the molecule is Oc1cc(O)c(N(c2ccc(-c3cc4c5ccccc5c(-c5ccc(N(c6c(O)cc(O)cc6O)c6c(O)cc(O)cc6O)cc5)cc4c4ccccc34)cc2)c2c(O)cc(O)cc2O)c(O)c1. The summed E-state index contributed by atoms with van der Waals surface area (Å²) in [6, 6.07) is 42.0. The van der Waals surface area contributed by atoms with Gasteiger partial charge in [-0.2, -0.15) is 0 Å². The molecule has 0 saturated carbocycles. The molecule has 0 fully saturated rings. The summed E-state index contributed by atoms with van der Waals surface area (Å²) >= 11 is 0. The van der Waals surface area contributed by atoms with Crippen LogP contribution in [-0.4, -0.2) is 61.3 Å². The van der Waals surface area contributed by atoms with Crippen LogP contribution in [-0.2, 0) is 0 Å². The molecule has 0 spiro atoms. The van der Waals surface area contributed by atoms with E-state index in [-0.39, 0.29) is 34.1 Å². The summed E-state index contributed by atoms with van der Waals surface area (Å²) in [6.07, 6.45) is 0. The lowest BCUT2D eigenvalue weighted by molar-refractivity contribution is 0.422. The molecule has 0 unspecified atom stereocenters. The van der Waals surface area contributed by atoms with E-state index in [1.807, 2.05) is 72.8 Å². The molecule has 10 aromatic rings. The molecule has 0 aliphatic rings. The van der Waals surface area contributed by atoms with Crippen molar-refractivity contribution < 1.29 is 61.3 Å². The second-order valence-corrected chi connectivity index (χ2v) is 16.1. The zero-order valence-corrected chi connectivity index (χ0v) is 35.3. The van der Waals surface area contributed by atoms with E-state index in [9.17, 15) is 61.3 Å². The maximum Gasteiger partial charge on any atom is 0.147 e. The monoisotopic (exact) mass is 906 g/mol. The average molecular weight is 907 g/mol. The maximum atomic E-state index is 11.0. The Morgan fingerprint density at radius 3 is 0.721 bits per heavy atom. The molecule has 14 nitrogen and oxygen atoms in total. The number of hydrogen-bond donors (Lipinski definition) is 12. The Morgan fingerprint density at radius 1 is 0.235 bits per heavy atom. The van der Waals surface area contributed by atoms with Crippen molar-refractivity contribution in [1.82, 2.24) is 0 Å². The van der Waals surface area contributed by atoms with Gasteiger partial charge in [-0.15, -0.1) is 0 Å². The van der Waals surface area contributed by atoms with E-state index in [1.165, 1.54) is 9.80 Å². The molecule has 336 valence electrons. The third kappa shape index (κ3) is 7.01. The van der Waals surface area contributed by atoms with Crippen LogP contribution >= 0.6 is 0 Å². The van der Waals surface area contributed by atoms with E-state index in [1.54, 1.807) is 24.3 Å². The summed E-state index contributed by atoms with van der Waals surface area (Å²) < 4.78 is 0. The van der Waals surface area contributed by atoms with E-state index in [4.69, 9.17) is 0 Å². The van der Waals surface area contributed by atoms with Crippen molar-refractivity contribution in [2.45, 2.75) is 0 Å². The van der Waals surface area contributed by atoms with Gasteiger partial charge in [0.1, 0.15) is 91.7 Å². The average Bonchev–Trinajstić information content (AvgIpc) is 3.29. The van der Waals surface area contributed by atoms with Crippen molar-refractivity contribution in [2.75, 3.05) is 9.80 Å². The fourth-order valence-corrected chi connectivity index (χ4v) is 9.02. The molecule has 0 atom stereocenters. The second kappa shape index (κ2) is 16.0. The van der Waals surface area contributed by atoms with Gasteiger partial charge in [0.05, 0.1) is 0 Å². The fourth-order valence-electron chi connectivity index (χ4n) is 9.02. The molecule has 68 heavy (non-hydrogen) atoms. The molecule has 0 saturated heterocycles. The molecular formula is C54H38N2O12. The quantitative estimate of drug-likeness (QED) is 0.0634. The van der Waals surface area contributed by atoms with E-state index < -0.39 is 69.0 Å². The molecule has 0 aliphatic carbocycles. The van der Waals surface area contributed by atoms with Gasteiger partial charge in [-0.05, 0) is 91.0 Å². The van der Waals surface area contributed by atoms with Crippen LogP contribution in [0.3, 0.4) is 0 Å². The van der Waals surface area contributed by atoms with Gasteiger partial charge in [0.15, 0.2) is 0 Å². The molecule has 14 heteroatoms. The largest absolute Gasteiger partial charge is 0.508 e. The van der Waals surface area contributed by atoms with Gasteiger partial charge in [0, 0.05) is 59.9 Å². The van der Waals surface area contributed by atoms with E-state index in [0.717, 1.165) is 103 Å². The Labute approximate surface area is 385 Å². The van der Waals surface area contributed by atoms with Crippen LogP contribution in [0, 0.1) is 0 Å². The third-order valence-electron chi connectivity index (χ3n) is 11.9. The molecule has 0 radical (unpaired) electrons. The highest BCUT2D eigenvalue weighted by atomic mass is 16.3. The van der Waals surface area contributed by atoms with Gasteiger partial charge in [-0.1, -0.05) is 72.8 Å². The second-order valence-electron chi connectivity index (χ2n) is 16.1. The minimum absolute atomic E-state index is 0.260. The van der Waals surface area contributed by atoms with Crippen LogP contribution in [0.4, 0.5) is 34.1 Å². The molecule has 0 bridgehead atoms. The zero-order valence-electron chi connectivity index (χ0n) is 35.3. The van der Waals surface area contributed by atoms with Crippen LogP contribution in [0.15, 0.2) is 158 Å². The smallest absolute Gasteiger partial charge is 0.147 e. The van der Waals surface area contributed by atoms with Crippen LogP contribution in [0.25, 0.3) is 54.6 Å². The van der Waals surface area contributed by atoms with Crippen molar-refractivity contribution in [3.63, 3.8) is 0 Å². The first-order valence-corrected chi connectivity index (χ1v) is 20.8. The number of hydrogen-bond acceptors (Lipinski definition) is 14. The highest BCUT2D eigenvalue weighted by Gasteiger charge is 2.29. The minimum atomic E-state index is -0.563. The number of nitrogens with zero attached hydrogens (tertiary/aromatic N) is 2. The fraction of sp³-hybridized carbons (Fsp3) is 0. The van der Waals surface area contributed by atoms with E-state index >= 15 is 0 Å². The molecule has 12 N–H and O–H groups in total. The number of fused-ring (bicyclic) bond motifs is 5. The molecular weight excluding hydrogens is 869 g/mol. The number of rotatable bonds is 8. The molecule has 0 aromatic heterocycles. The first kappa shape index (κ1) is 42.1. The Balaban J connectivity index is 1.11. The number of phenols is 12. The summed E-state index contributed by atoms with van der Waals surface area (Å²) in [5.41, 5.74) is 2.79. The van der Waals surface area contributed by atoms with Crippen molar-refractivity contribution in [2.24, 2.45) is 0 Å². The maximum absolute atomic E-state index is 11.0. The van der Waals surface area contributed by atoms with Crippen molar-refractivity contribution in [1.29, 1.82) is 0 Å². The Morgan fingerprint density at radius 2 is 0.471 bits per heavy atom. The van der Waals surface area contributed by atoms with Gasteiger partial charge in [0.25, 0.3) is 0 Å². The van der Waals surface area contributed by atoms with Gasteiger partial charge >= 0.3 is 0 Å². The van der Waals surface area contributed by atoms with Gasteiger partial charge < -0.3 is 61.3 Å². The topological polar surface area (TPSA) is 249 Å². The number of aromatic hydroxyl groups is 12.